The maximum Gasteiger partial charge on any atom is 0.407 e. The number of ether oxygens (including phenoxy) is 2. The number of rotatable bonds is 12. The van der Waals surface area contributed by atoms with Gasteiger partial charge in [-0.15, -0.1) is 0 Å². The van der Waals surface area contributed by atoms with Crippen molar-refractivity contribution in [3.63, 3.8) is 0 Å². The second-order valence-electron chi connectivity index (χ2n) is 7.96. The Kier molecular flexibility index (Phi) is 9.49. The molecule has 0 aliphatic rings. The molecule has 0 heterocycles. The van der Waals surface area contributed by atoms with E-state index in [2.05, 4.69) is 10.6 Å². The van der Waals surface area contributed by atoms with Gasteiger partial charge >= 0.3 is 6.09 Å². The molecule has 0 radical (unpaired) electrons. The lowest BCUT2D eigenvalue weighted by molar-refractivity contribution is -0.120. The molecule has 3 aromatic carbocycles. The van der Waals surface area contributed by atoms with E-state index < -0.39 is 18.0 Å². The first kappa shape index (κ1) is 24.8. The zero-order valence-corrected chi connectivity index (χ0v) is 19.3. The van der Waals surface area contributed by atoms with Gasteiger partial charge in [0.2, 0.25) is 5.91 Å². The van der Waals surface area contributed by atoms with Crippen molar-refractivity contribution in [2.45, 2.75) is 38.5 Å². The van der Waals surface area contributed by atoms with Gasteiger partial charge in [-0.2, -0.15) is 0 Å². The Balaban J connectivity index is 1.40. The number of hydrogen-bond acceptors (Lipinski definition) is 5. The van der Waals surface area contributed by atoms with E-state index in [1.807, 2.05) is 91.9 Å². The highest BCUT2D eigenvalue weighted by atomic mass is 16.5. The fraction of sp³-hybridized carbons (Fsp3) is 0.259. The van der Waals surface area contributed by atoms with Crippen LogP contribution in [0.25, 0.3) is 0 Å². The summed E-state index contributed by atoms with van der Waals surface area (Å²) in [5.74, 6) is 1.08. The van der Waals surface area contributed by atoms with Crippen LogP contribution in [0.5, 0.6) is 11.5 Å². The summed E-state index contributed by atoms with van der Waals surface area (Å²) in [4.78, 5) is 23.8. The number of primary amides is 1. The smallest absolute Gasteiger partial charge is 0.407 e. The van der Waals surface area contributed by atoms with E-state index in [0.717, 1.165) is 22.6 Å². The second-order valence-corrected chi connectivity index (χ2v) is 7.96. The molecule has 7 nitrogen and oxygen atoms in total. The Hall–Kier alpha value is -3.84. The van der Waals surface area contributed by atoms with Crippen LogP contribution < -0.4 is 21.1 Å². The molecule has 0 aliphatic carbocycles. The molecule has 178 valence electrons. The van der Waals surface area contributed by atoms with Crippen molar-refractivity contribution in [1.29, 1.82) is 0 Å². The molecule has 7 heteroatoms. The van der Waals surface area contributed by atoms with Crippen molar-refractivity contribution < 1.29 is 19.1 Å². The summed E-state index contributed by atoms with van der Waals surface area (Å²) in [7, 11) is 0. The number of amides is 2. The van der Waals surface area contributed by atoms with E-state index in [9.17, 15) is 9.59 Å². The van der Waals surface area contributed by atoms with Gasteiger partial charge in [0, 0.05) is 12.6 Å². The summed E-state index contributed by atoms with van der Waals surface area (Å²) in [6, 6.07) is 26.1. The van der Waals surface area contributed by atoms with Crippen LogP contribution in [0.3, 0.4) is 0 Å². The first-order valence-corrected chi connectivity index (χ1v) is 11.3. The maximum atomic E-state index is 11.9. The molecule has 0 bridgehead atoms. The highest BCUT2D eigenvalue weighted by Gasteiger charge is 2.18. The third-order valence-electron chi connectivity index (χ3n) is 5.31. The molecule has 0 saturated carbocycles. The van der Waals surface area contributed by atoms with E-state index in [-0.39, 0.29) is 12.6 Å². The van der Waals surface area contributed by atoms with Crippen LogP contribution in [0.1, 0.15) is 36.9 Å². The van der Waals surface area contributed by atoms with Crippen molar-refractivity contribution in [2.24, 2.45) is 5.73 Å². The highest BCUT2D eigenvalue weighted by molar-refractivity contribution is 5.79. The number of nitrogens with one attached hydrogen (secondary N) is 2. The lowest BCUT2D eigenvalue weighted by Crippen LogP contribution is -2.43. The SMILES string of the molecule is C[C@@H](N[C@H](CCCNC(=O)OCc1ccccc1)C(N)=O)c1ccc(Oc2ccccc2)cc1. The Morgan fingerprint density at radius 2 is 1.50 bits per heavy atom. The van der Waals surface area contributed by atoms with E-state index >= 15 is 0 Å². The molecule has 0 aliphatic heterocycles. The van der Waals surface area contributed by atoms with Crippen LogP contribution in [-0.4, -0.2) is 24.6 Å². The number of alkyl carbamates (subject to hydrolysis) is 1. The quantitative estimate of drug-likeness (QED) is 0.340. The van der Waals surface area contributed by atoms with Gasteiger partial charge < -0.3 is 20.5 Å². The van der Waals surface area contributed by atoms with E-state index in [0.29, 0.717) is 19.4 Å². The van der Waals surface area contributed by atoms with Crippen molar-refractivity contribution in [3.8, 4) is 11.5 Å². The van der Waals surface area contributed by atoms with E-state index in [1.54, 1.807) is 0 Å². The van der Waals surface area contributed by atoms with Crippen LogP contribution >= 0.6 is 0 Å². The summed E-state index contributed by atoms with van der Waals surface area (Å²) >= 11 is 0. The molecule has 0 fully saturated rings. The average molecular weight is 462 g/mol. The molecule has 0 aromatic heterocycles. The predicted octanol–water partition coefficient (Wildman–Crippen LogP) is 4.69. The minimum atomic E-state index is -0.516. The van der Waals surface area contributed by atoms with Gasteiger partial charge in [0.1, 0.15) is 18.1 Å². The lowest BCUT2D eigenvalue weighted by atomic mass is 10.0. The molecule has 0 unspecified atom stereocenters. The summed E-state index contributed by atoms with van der Waals surface area (Å²) in [5, 5.41) is 5.98. The fourth-order valence-corrected chi connectivity index (χ4v) is 3.43. The monoisotopic (exact) mass is 461 g/mol. The molecule has 2 atom stereocenters. The van der Waals surface area contributed by atoms with Gasteiger partial charge in [-0.3, -0.25) is 10.1 Å². The third kappa shape index (κ3) is 8.26. The third-order valence-corrected chi connectivity index (χ3v) is 5.31. The average Bonchev–Trinajstić information content (AvgIpc) is 2.86. The standard InChI is InChI=1S/C27H31N3O4/c1-20(22-14-16-24(17-15-22)34-23-11-6-3-7-12-23)30-25(26(28)31)13-8-18-29-27(32)33-19-21-9-4-2-5-10-21/h2-7,9-12,14-17,20,25,30H,8,13,18-19H2,1H3,(H2,28,31)(H,29,32)/t20-,25-/m1/s1. The number of nitrogens with two attached hydrogens (primary N) is 1. The van der Waals surface area contributed by atoms with Gasteiger partial charge in [-0.1, -0.05) is 60.7 Å². The number of para-hydroxylation sites is 1. The molecule has 34 heavy (non-hydrogen) atoms. The minimum absolute atomic E-state index is 0.0907. The largest absolute Gasteiger partial charge is 0.457 e. The van der Waals surface area contributed by atoms with Crippen LogP contribution in [0.15, 0.2) is 84.9 Å². The van der Waals surface area contributed by atoms with E-state index in [1.165, 1.54) is 0 Å². The Labute approximate surface area is 200 Å². The molecular formula is C27H31N3O4. The van der Waals surface area contributed by atoms with Crippen LogP contribution in [0, 0.1) is 0 Å². The maximum absolute atomic E-state index is 11.9. The Morgan fingerprint density at radius 1 is 0.882 bits per heavy atom. The van der Waals surface area contributed by atoms with Gasteiger partial charge in [-0.25, -0.2) is 4.79 Å². The molecule has 2 amide bonds. The van der Waals surface area contributed by atoms with Crippen molar-refractivity contribution in [1.82, 2.24) is 10.6 Å². The van der Waals surface area contributed by atoms with Crippen LogP contribution in [-0.2, 0) is 16.1 Å². The first-order valence-electron chi connectivity index (χ1n) is 11.3. The topological polar surface area (TPSA) is 103 Å². The van der Waals surface area contributed by atoms with Crippen LogP contribution in [0.4, 0.5) is 4.79 Å². The number of carbonyl (C=O) groups excluding carboxylic acids is 2. The Bertz CT molecular complexity index is 1030. The number of carbonyl (C=O) groups is 2. The molecule has 3 rings (SSSR count). The minimum Gasteiger partial charge on any atom is -0.457 e. The second kappa shape index (κ2) is 13.0. The number of benzene rings is 3. The van der Waals surface area contributed by atoms with E-state index in [4.69, 9.17) is 15.2 Å². The highest BCUT2D eigenvalue weighted by Crippen LogP contribution is 2.23. The predicted molar refractivity (Wildman–Crippen MR) is 131 cm³/mol. The molecule has 3 aromatic rings. The normalized spacial score (nSPS) is 12.4. The van der Waals surface area contributed by atoms with Gasteiger partial charge in [-0.05, 0) is 55.2 Å². The summed E-state index contributed by atoms with van der Waals surface area (Å²) in [6.45, 7) is 2.58. The van der Waals surface area contributed by atoms with Crippen molar-refractivity contribution >= 4 is 12.0 Å². The Morgan fingerprint density at radius 3 is 2.15 bits per heavy atom. The van der Waals surface area contributed by atoms with Crippen LogP contribution in [0.2, 0.25) is 0 Å². The van der Waals surface area contributed by atoms with Gasteiger partial charge in [0.05, 0.1) is 6.04 Å². The molecule has 0 spiro atoms. The fourth-order valence-electron chi connectivity index (χ4n) is 3.43. The molecule has 4 N–H and O–H groups in total. The molecule has 0 saturated heterocycles. The molecular weight excluding hydrogens is 430 g/mol. The summed E-state index contributed by atoms with van der Waals surface area (Å²) < 4.78 is 11.0. The van der Waals surface area contributed by atoms with Crippen molar-refractivity contribution in [2.75, 3.05) is 6.54 Å². The first-order chi connectivity index (χ1) is 16.5. The van der Waals surface area contributed by atoms with Gasteiger partial charge in [0.25, 0.3) is 0 Å². The zero-order chi connectivity index (χ0) is 24.2. The lowest BCUT2D eigenvalue weighted by Gasteiger charge is -2.21. The number of hydrogen-bond donors (Lipinski definition) is 3. The summed E-state index contributed by atoms with van der Waals surface area (Å²) in [5.41, 5.74) is 7.52. The summed E-state index contributed by atoms with van der Waals surface area (Å²) in [6.07, 6.45) is 0.587. The zero-order valence-electron chi connectivity index (χ0n) is 19.3. The van der Waals surface area contributed by atoms with Crippen molar-refractivity contribution in [3.05, 3.63) is 96.1 Å². The van der Waals surface area contributed by atoms with Gasteiger partial charge in [0.15, 0.2) is 0 Å².